The summed E-state index contributed by atoms with van der Waals surface area (Å²) in [6.07, 6.45) is 1.44. The largest absolute Gasteiger partial charge is 0.497 e. The number of oxazole rings is 1. The Morgan fingerprint density at radius 3 is 2.76 bits per heavy atom. The van der Waals surface area contributed by atoms with Crippen molar-refractivity contribution in [3.8, 4) is 22.8 Å². The zero-order valence-electron chi connectivity index (χ0n) is 12.5. The van der Waals surface area contributed by atoms with E-state index >= 15 is 0 Å². The van der Waals surface area contributed by atoms with Gasteiger partial charge in [0.1, 0.15) is 17.2 Å². The van der Waals surface area contributed by atoms with E-state index in [4.69, 9.17) is 18.6 Å². The number of hydrogen-bond acceptors (Lipinski definition) is 6. The van der Waals surface area contributed by atoms with Crippen LogP contribution in [0.3, 0.4) is 0 Å². The Balaban J connectivity index is 2.20. The van der Waals surface area contributed by atoms with Crippen LogP contribution < -0.4 is 14.8 Å². The Morgan fingerprint density at radius 1 is 1.19 bits per heavy atom. The molecule has 1 aromatic carbocycles. The molecule has 0 aliphatic rings. The number of nitrogens with one attached hydrogen (secondary N) is 1. The van der Waals surface area contributed by atoms with Crippen molar-refractivity contribution in [2.75, 3.05) is 34.5 Å². The van der Waals surface area contributed by atoms with E-state index in [1.54, 1.807) is 21.3 Å². The first-order chi connectivity index (χ1) is 10.3. The van der Waals surface area contributed by atoms with Gasteiger partial charge in [0.05, 0.1) is 26.4 Å². The highest BCUT2D eigenvalue weighted by Gasteiger charge is 2.15. The van der Waals surface area contributed by atoms with Crippen molar-refractivity contribution in [1.29, 1.82) is 0 Å². The molecule has 0 fully saturated rings. The quantitative estimate of drug-likeness (QED) is 0.752. The molecule has 1 aromatic heterocycles. The van der Waals surface area contributed by atoms with Gasteiger partial charge in [-0.15, -0.1) is 0 Å². The number of hydrogen-bond donors (Lipinski definition) is 1. The normalized spacial score (nSPS) is 10.6. The average Bonchev–Trinajstić information content (AvgIpc) is 2.99. The van der Waals surface area contributed by atoms with Gasteiger partial charge in [0.15, 0.2) is 12.2 Å². The molecule has 0 unspecified atom stereocenters. The lowest BCUT2D eigenvalue weighted by molar-refractivity contribution is 0.199. The topological polar surface area (TPSA) is 65.8 Å². The second-order valence-corrected chi connectivity index (χ2v) is 4.36. The number of methoxy groups -OCH3 is 3. The summed E-state index contributed by atoms with van der Waals surface area (Å²) in [6.45, 7) is 2.01. The second kappa shape index (κ2) is 7.66. The minimum Gasteiger partial charge on any atom is -0.497 e. The van der Waals surface area contributed by atoms with Crippen LogP contribution in [0.5, 0.6) is 11.5 Å². The van der Waals surface area contributed by atoms with Gasteiger partial charge in [-0.1, -0.05) is 0 Å². The average molecular weight is 292 g/mol. The van der Waals surface area contributed by atoms with Crippen LogP contribution in [0.4, 0.5) is 0 Å². The SMILES string of the molecule is COCCNCc1ncoc1-c1ccc(OC)cc1OC. The molecule has 0 aliphatic carbocycles. The first-order valence-corrected chi connectivity index (χ1v) is 6.64. The molecule has 0 saturated carbocycles. The summed E-state index contributed by atoms with van der Waals surface area (Å²) >= 11 is 0. The maximum atomic E-state index is 5.52. The minimum absolute atomic E-state index is 0.602. The summed E-state index contributed by atoms with van der Waals surface area (Å²) in [4.78, 5) is 4.25. The van der Waals surface area contributed by atoms with Crippen molar-refractivity contribution in [2.24, 2.45) is 0 Å². The van der Waals surface area contributed by atoms with E-state index < -0.39 is 0 Å². The van der Waals surface area contributed by atoms with Crippen molar-refractivity contribution < 1.29 is 18.6 Å². The van der Waals surface area contributed by atoms with Gasteiger partial charge in [0.2, 0.25) is 0 Å². The molecule has 21 heavy (non-hydrogen) atoms. The molecule has 0 radical (unpaired) electrons. The van der Waals surface area contributed by atoms with Crippen LogP contribution in [0, 0.1) is 0 Å². The van der Waals surface area contributed by atoms with Crippen molar-refractivity contribution in [3.05, 3.63) is 30.3 Å². The number of rotatable bonds is 8. The van der Waals surface area contributed by atoms with E-state index in [1.807, 2.05) is 18.2 Å². The van der Waals surface area contributed by atoms with Crippen LogP contribution in [0.1, 0.15) is 5.69 Å². The predicted molar refractivity (Wildman–Crippen MR) is 78.6 cm³/mol. The van der Waals surface area contributed by atoms with Crippen LogP contribution >= 0.6 is 0 Å². The lowest BCUT2D eigenvalue weighted by Crippen LogP contribution is -2.19. The monoisotopic (exact) mass is 292 g/mol. The van der Waals surface area contributed by atoms with Gasteiger partial charge in [-0.3, -0.25) is 0 Å². The maximum Gasteiger partial charge on any atom is 0.181 e. The zero-order chi connectivity index (χ0) is 15.1. The number of benzene rings is 1. The van der Waals surface area contributed by atoms with Crippen molar-refractivity contribution >= 4 is 0 Å². The Morgan fingerprint density at radius 2 is 2.05 bits per heavy atom. The van der Waals surface area contributed by atoms with E-state index in [2.05, 4.69) is 10.3 Å². The van der Waals surface area contributed by atoms with E-state index in [9.17, 15) is 0 Å². The lowest BCUT2D eigenvalue weighted by Gasteiger charge is -2.10. The third-order valence-electron chi connectivity index (χ3n) is 3.07. The molecule has 0 atom stereocenters. The molecule has 0 saturated heterocycles. The lowest BCUT2D eigenvalue weighted by atomic mass is 10.1. The number of aromatic nitrogens is 1. The Kier molecular flexibility index (Phi) is 5.59. The third kappa shape index (κ3) is 3.74. The molecule has 1 heterocycles. The van der Waals surface area contributed by atoms with E-state index in [0.29, 0.717) is 24.7 Å². The van der Waals surface area contributed by atoms with E-state index in [0.717, 1.165) is 23.6 Å². The first kappa shape index (κ1) is 15.3. The summed E-state index contributed by atoms with van der Waals surface area (Å²) in [6, 6.07) is 5.58. The molecule has 0 bridgehead atoms. The smallest absolute Gasteiger partial charge is 0.181 e. The van der Waals surface area contributed by atoms with Gasteiger partial charge >= 0.3 is 0 Å². The van der Waals surface area contributed by atoms with Crippen LogP contribution in [0.2, 0.25) is 0 Å². The van der Waals surface area contributed by atoms with Crippen LogP contribution in [-0.4, -0.2) is 39.5 Å². The molecule has 6 heteroatoms. The summed E-state index contributed by atoms with van der Waals surface area (Å²) in [7, 11) is 4.91. The van der Waals surface area contributed by atoms with Crippen LogP contribution in [-0.2, 0) is 11.3 Å². The van der Waals surface area contributed by atoms with Crippen molar-refractivity contribution in [2.45, 2.75) is 6.54 Å². The highest BCUT2D eigenvalue weighted by molar-refractivity contribution is 5.68. The Labute approximate surface area is 124 Å². The van der Waals surface area contributed by atoms with Gasteiger partial charge in [-0.2, -0.15) is 0 Å². The molecular formula is C15H20N2O4. The molecule has 0 spiro atoms. The fourth-order valence-corrected chi connectivity index (χ4v) is 1.98. The summed E-state index contributed by atoms with van der Waals surface area (Å²) in [5.74, 6) is 2.11. The third-order valence-corrected chi connectivity index (χ3v) is 3.07. The highest BCUT2D eigenvalue weighted by Crippen LogP contribution is 2.34. The van der Waals surface area contributed by atoms with Crippen LogP contribution in [0.25, 0.3) is 11.3 Å². The van der Waals surface area contributed by atoms with Gasteiger partial charge in [0, 0.05) is 26.3 Å². The summed E-state index contributed by atoms with van der Waals surface area (Å²) in [5, 5.41) is 3.25. The van der Waals surface area contributed by atoms with Crippen molar-refractivity contribution in [3.63, 3.8) is 0 Å². The van der Waals surface area contributed by atoms with Crippen molar-refractivity contribution in [1.82, 2.24) is 10.3 Å². The molecule has 2 rings (SSSR count). The molecular weight excluding hydrogens is 272 g/mol. The second-order valence-electron chi connectivity index (χ2n) is 4.36. The Bertz CT molecular complexity index is 569. The highest BCUT2D eigenvalue weighted by atomic mass is 16.5. The first-order valence-electron chi connectivity index (χ1n) is 6.64. The fraction of sp³-hybridized carbons (Fsp3) is 0.400. The molecule has 1 N–H and O–H groups in total. The van der Waals surface area contributed by atoms with Gasteiger partial charge < -0.3 is 23.9 Å². The number of nitrogens with zero attached hydrogens (tertiary/aromatic N) is 1. The van der Waals surface area contributed by atoms with Crippen LogP contribution in [0.15, 0.2) is 29.0 Å². The van der Waals surface area contributed by atoms with Gasteiger partial charge in [-0.25, -0.2) is 4.98 Å². The predicted octanol–water partition coefficient (Wildman–Crippen LogP) is 2.09. The molecule has 0 aliphatic heterocycles. The minimum atomic E-state index is 0.602. The molecule has 6 nitrogen and oxygen atoms in total. The van der Waals surface area contributed by atoms with Gasteiger partial charge in [0.25, 0.3) is 0 Å². The fourth-order valence-electron chi connectivity index (χ4n) is 1.98. The standard InChI is InChI=1S/C15H20N2O4/c1-18-7-6-16-9-13-15(21-10-17-13)12-5-4-11(19-2)8-14(12)20-3/h4-5,8,10,16H,6-7,9H2,1-3H3. The maximum absolute atomic E-state index is 5.52. The van der Waals surface area contributed by atoms with E-state index in [1.165, 1.54) is 6.39 Å². The summed E-state index contributed by atoms with van der Waals surface area (Å²) in [5.41, 5.74) is 1.67. The molecule has 0 amide bonds. The number of ether oxygens (including phenoxy) is 3. The Hall–Kier alpha value is -2.05. The summed E-state index contributed by atoms with van der Waals surface area (Å²) < 4.78 is 21.1. The van der Waals surface area contributed by atoms with E-state index in [-0.39, 0.29) is 0 Å². The zero-order valence-corrected chi connectivity index (χ0v) is 12.5. The van der Waals surface area contributed by atoms with Gasteiger partial charge in [-0.05, 0) is 12.1 Å². The molecule has 2 aromatic rings. The molecule has 114 valence electrons.